The third-order valence-electron chi connectivity index (χ3n) is 4.36. The van der Waals surface area contributed by atoms with Gasteiger partial charge in [0.2, 0.25) is 0 Å². The average Bonchev–Trinajstić information content (AvgIpc) is 3.19. The van der Waals surface area contributed by atoms with Crippen LogP contribution in [0.4, 0.5) is 4.39 Å². The van der Waals surface area contributed by atoms with E-state index >= 15 is 0 Å². The fourth-order valence-corrected chi connectivity index (χ4v) is 3.19. The smallest absolute Gasteiger partial charge is 0.308 e. The Morgan fingerprint density at radius 2 is 2.00 bits per heavy atom. The van der Waals surface area contributed by atoms with Crippen LogP contribution in [-0.2, 0) is 4.79 Å². The summed E-state index contributed by atoms with van der Waals surface area (Å²) in [6.45, 7) is 0.629. The Morgan fingerprint density at radius 1 is 1.29 bits per heavy atom. The first-order valence-corrected chi connectivity index (χ1v) is 7.32. The lowest BCUT2D eigenvalue weighted by molar-refractivity contribution is -0.142. The van der Waals surface area contributed by atoms with Crippen molar-refractivity contribution >= 4 is 23.5 Å². The molecule has 1 heterocycles. The van der Waals surface area contributed by atoms with Crippen LogP contribution in [0.2, 0.25) is 5.02 Å². The first-order valence-electron chi connectivity index (χ1n) is 6.94. The maximum absolute atomic E-state index is 13.4. The maximum atomic E-state index is 13.4. The highest BCUT2D eigenvalue weighted by Crippen LogP contribution is 2.44. The van der Waals surface area contributed by atoms with Crippen molar-refractivity contribution in [1.29, 1.82) is 0 Å². The fraction of sp³-hybridized carbons (Fsp3) is 0.467. The summed E-state index contributed by atoms with van der Waals surface area (Å²) in [4.78, 5) is 25.2. The molecule has 3 rings (SSSR count). The second-order valence-corrected chi connectivity index (χ2v) is 6.19. The predicted molar refractivity (Wildman–Crippen MR) is 74.7 cm³/mol. The van der Waals surface area contributed by atoms with E-state index in [1.165, 1.54) is 17.0 Å². The van der Waals surface area contributed by atoms with E-state index in [2.05, 4.69) is 0 Å². The van der Waals surface area contributed by atoms with Crippen molar-refractivity contribution in [3.8, 4) is 0 Å². The molecule has 0 aromatic heterocycles. The Hall–Kier alpha value is -1.62. The number of aliphatic carboxylic acids is 1. The van der Waals surface area contributed by atoms with Gasteiger partial charge >= 0.3 is 5.97 Å². The lowest BCUT2D eigenvalue weighted by Gasteiger charge is -2.16. The van der Waals surface area contributed by atoms with Crippen LogP contribution in [0.15, 0.2) is 18.2 Å². The van der Waals surface area contributed by atoms with Crippen molar-refractivity contribution < 1.29 is 19.1 Å². The largest absolute Gasteiger partial charge is 0.481 e. The molecule has 2 atom stereocenters. The Balaban J connectivity index is 1.78. The fourth-order valence-electron chi connectivity index (χ4n) is 3.07. The molecule has 2 aliphatic rings. The molecule has 4 nitrogen and oxygen atoms in total. The van der Waals surface area contributed by atoms with Crippen molar-refractivity contribution in [2.24, 2.45) is 17.8 Å². The van der Waals surface area contributed by atoms with Crippen LogP contribution < -0.4 is 0 Å². The normalized spacial score (nSPS) is 25.1. The maximum Gasteiger partial charge on any atom is 0.308 e. The number of rotatable bonds is 3. The summed E-state index contributed by atoms with van der Waals surface area (Å²) in [5.41, 5.74) is 0.206. The molecule has 112 valence electrons. The molecule has 21 heavy (non-hydrogen) atoms. The minimum absolute atomic E-state index is 0.0172. The van der Waals surface area contributed by atoms with Crippen LogP contribution in [0, 0.1) is 23.6 Å². The molecule has 6 heteroatoms. The van der Waals surface area contributed by atoms with Crippen LogP contribution in [0.5, 0.6) is 0 Å². The summed E-state index contributed by atoms with van der Waals surface area (Å²) in [5, 5.41) is 9.26. The zero-order valence-electron chi connectivity index (χ0n) is 11.3. The Bertz CT molecular complexity index is 603. The number of hydrogen-bond acceptors (Lipinski definition) is 2. The summed E-state index contributed by atoms with van der Waals surface area (Å²) >= 11 is 5.61. The molecule has 0 unspecified atom stereocenters. The molecular formula is C15H15ClFNO3. The highest BCUT2D eigenvalue weighted by Gasteiger charge is 2.46. The molecule has 2 fully saturated rings. The second kappa shape index (κ2) is 5.30. The van der Waals surface area contributed by atoms with Crippen molar-refractivity contribution in [2.45, 2.75) is 12.8 Å². The van der Waals surface area contributed by atoms with Gasteiger partial charge in [-0.2, -0.15) is 0 Å². The SMILES string of the molecule is O=C(O)[C@H]1CN(C(=O)c2ccc(Cl)c(F)c2)C[C@@H]1C1CC1. The van der Waals surface area contributed by atoms with Gasteiger partial charge in [-0.05, 0) is 42.9 Å². The number of nitrogens with zero attached hydrogens (tertiary/aromatic N) is 1. The first-order chi connectivity index (χ1) is 9.97. The minimum atomic E-state index is -0.857. The average molecular weight is 312 g/mol. The first kappa shape index (κ1) is 14.3. The molecule has 1 aliphatic carbocycles. The molecule has 1 saturated heterocycles. The van der Waals surface area contributed by atoms with Gasteiger partial charge in [0.15, 0.2) is 0 Å². The van der Waals surface area contributed by atoms with Gasteiger partial charge in [-0.15, -0.1) is 0 Å². The number of amides is 1. The number of benzene rings is 1. The zero-order valence-corrected chi connectivity index (χ0v) is 12.0. The van der Waals surface area contributed by atoms with Gasteiger partial charge < -0.3 is 10.0 Å². The van der Waals surface area contributed by atoms with Crippen molar-refractivity contribution in [3.63, 3.8) is 0 Å². The Kier molecular flexibility index (Phi) is 3.61. The van der Waals surface area contributed by atoms with Gasteiger partial charge in [-0.25, -0.2) is 4.39 Å². The van der Waals surface area contributed by atoms with E-state index in [0.29, 0.717) is 12.5 Å². The topological polar surface area (TPSA) is 57.6 Å². The van der Waals surface area contributed by atoms with Gasteiger partial charge in [0.25, 0.3) is 5.91 Å². The van der Waals surface area contributed by atoms with Gasteiger partial charge in [-0.3, -0.25) is 9.59 Å². The van der Waals surface area contributed by atoms with Gasteiger partial charge in [-0.1, -0.05) is 11.6 Å². The Morgan fingerprint density at radius 3 is 2.57 bits per heavy atom. The van der Waals surface area contributed by atoms with Crippen LogP contribution in [0.25, 0.3) is 0 Å². The second-order valence-electron chi connectivity index (χ2n) is 5.79. The molecule has 1 aromatic carbocycles. The van der Waals surface area contributed by atoms with Crippen LogP contribution in [-0.4, -0.2) is 35.0 Å². The third kappa shape index (κ3) is 2.75. The van der Waals surface area contributed by atoms with Crippen LogP contribution in [0.3, 0.4) is 0 Å². The van der Waals surface area contributed by atoms with Gasteiger partial charge in [0.05, 0.1) is 10.9 Å². The summed E-state index contributed by atoms with van der Waals surface area (Å²) in [6, 6.07) is 3.91. The lowest BCUT2D eigenvalue weighted by Crippen LogP contribution is -2.30. The van der Waals surface area contributed by atoms with E-state index in [9.17, 15) is 19.1 Å². The zero-order chi connectivity index (χ0) is 15.1. The van der Waals surface area contributed by atoms with E-state index in [4.69, 9.17) is 11.6 Å². The molecule has 1 aliphatic heterocycles. The number of carbonyl (C=O) groups excluding carboxylic acids is 1. The van der Waals surface area contributed by atoms with E-state index in [0.717, 1.165) is 18.9 Å². The number of carboxylic acids is 1. The number of carbonyl (C=O) groups is 2. The van der Waals surface area contributed by atoms with Crippen molar-refractivity contribution in [3.05, 3.63) is 34.6 Å². The Labute approximate surface area is 126 Å². The number of halogens is 2. The molecular weight excluding hydrogens is 297 g/mol. The predicted octanol–water partition coefficient (Wildman–Crippen LogP) is 2.66. The molecule has 1 aromatic rings. The molecule has 1 N–H and O–H groups in total. The minimum Gasteiger partial charge on any atom is -0.481 e. The molecule has 0 spiro atoms. The molecule has 1 amide bonds. The third-order valence-corrected chi connectivity index (χ3v) is 4.67. The summed E-state index contributed by atoms with van der Waals surface area (Å²) in [6.07, 6.45) is 2.07. The van der Waals surface area contributed by atoms with E-state index in [1.807, 2.05) is 0 Å². The number of likely N-dealkylation sites (tertiary alicyclic amines) is 1. The quantitative estimate of drug-likeness (QED) is 0.933. The summed E-state index contributed by atoms with van der Waals surface area (Å²) in [7, 11) is 0. The van der Waals surface area contributed by atoms with Gasteiger partial charge in [0.1, 0.15) is 5.82 Å². The van der Waals surface area contributed by atoms with Crippen LogP contribution in [0.1, 0.15) is 23.2 Å². The molecule has 1 saturated carbocycles. The lowest BCUT2D eigenvalue weighted by atomic mass is 9.92. The monoisotopic (exact) mass is 311 g/mol. The van der Waals surface area contributed by atoms with Crippen molar-refractivity contribution in [2.75, 3.05) is 13.1 Å². The van der Waals surface area contributed by atoms with Gasteiger partial charge in [0, 0.05) is 18.7 Å². The van der Waals surface area contributed by atoms with E-state index in [1.54, 1.807) is 0 Å². The van der Waals surface area contributed by atoms with E-state index < -0.39 is 17.7 Å². The number of hydrogen-bond donors (Lipinski definition) is 1. The molecule has 0 bridgehead atoms. The van der Waals surface area contributed by atoms with E-state index in [-0.39, 0.29) is 29.0 Å². The molecule has 0 radical (unpaired) electrons. The van der Waals surface area contributed by atoms with Crippen LogP contribution >= 0.6 is 11.6 Å². The standard InChI is InChI=1S/C15H15ClFNO3/c16-12-4-3-9(5-13(12)17)14(19)18-6-10(8-1-2-8)11(7-18)15(20)21/h3-5,8,10-11H,1-2,6-7H2,(H,20,21)/t10-,11+/m1/s1. The highest BCUT2D eigenvalue weighted by molar-refractivity contribution is 6.30. The summed E-state index contributed by atoms with van der Waals surface area (Å²) in [5.74, 6) is -1.92. The van der Waals surface area contributed by atoms with Crippen molar-refractivity contribution in [1.82, 2.24) is 4.90 Å². The number of carboxylic acid groups (broad SMARTS) is 1. The highest BCUT2D eigenvalue weighted by atomic mass is 35.5. The summed E-state index contributed by atoms with van der Waals surface area (Å²) < 4.78 is 13.4.